The molecule has 0 aliphatic rings. The van der Waals surface area contributed by atoms with Crippen LogP contribution >= 0.6 is 11.6 Å². The molecule has 6 nitrogen and oxygen atoms in total. The number of hydrogen-bond acceptors (Lipinski definition) is 6. The minimum Gasteiger partial charge on any atom is -0.368 e. The zero-order valence-corrected chi connectivity index (χ0v) is 8.61. The van der Waals surface area contributed by atoms with Crippen molar-refractivity contribution in [1.82, 2.24) is 19.9 Å². The molecule has 2 aromatic heterocycles. The van der Waals surface area contributed by atoms with Crippen molar-refractivity contribution in [2.75, 3.05) is 11.1 Å². The van der Waals surface area contributed by atoms with Gasteiger partial charge in [0.25, 0.3) is 0 Å². The van der Waals surface area contributed by atoms with Crippen LogP contribution in [0.2, 0.25) is 5.28 Å². The molecular weight excluding hydrogens is 235 g/mol. The maximum atomic E-state index is 12.5. The summed E-state index contributed by atoms with van der Waals surface area (Å²) in [5.74, 6) is -0.401. The van der Waals surface area contributed by atoms with Gasteiger partial charge in [-0.2, -0.15) is 19.3 Å². The summed E-state index contributed by atoms with van der Waals surface area (Å²) in [6.07, 6.45) is 1.29. The molecule has 16 heavy (non-hydrogen) atoms. The molecule has 0 aliphatic heterocycles. The lowest BCUT2D eigenvalue weighted by Gasteiger charge is -2.04. The second kappa shape index (κ2) is 4.23. The van der Waals surface area contributed by atoms with Crippen molar-refractivity contribution in [3.8, 4) is 0 Å². The van der Waals surface area contributed by atoms with Crippen LogP contribution in [0.15, 0.2) is 18.3 Å². The number of rotatable bonds is 2. The topological polar surface area (TPSA) is 89.6 Å². The van der Waals surface area contributed by atoms with Gasteiger partial charge in [-0.1, -0.05) is 0 Å². The van der Waals surface area contributed by atoms with E-state index in [4.69, 9.17) is 17.3 Å². The highest BCUT2D eigenvalue weighted by atomic mass is 35.5. The molecule has 0 spiro atoms. The Labute approximate surface area is 94.7 Å². The second-order valence-corrected chi connectivity index (χ2v) is 3.12. The molecule has 0 saturated heterocycles. The average molecular weight is 241 g/mol. The predicted molar refractivity (Wildman–Crippen MR) is 56.7 cm³/mol. The Balaban J connectivity index is 2.23. The third-order valence-corrected chi connectivity index (χ3v) is 1.78. The average Bonchev–Trinajstić information content (AvgIpc) is 2.20. The SMILES string of the molecule is Nc1nc(Cl)nc(Nc2ccc(F)nc2)n1. The van der Waals surface area contributed by atoms with E-state index in [-0.39, 0.29) is 17.2 Å². The normalized spacial score (nSPS) is 10.1. The summed E-state index contributed by atoms with van der Waals surface area (Å²) in [6, 6.07) is 2.69. The zero-order valence-electron chi connectivity index (χ0n) is 7.85. The van der Waals surface area contributed by atoms with E-state index in [9.17, 15) is 4.39 Å². The van der Waals surface area contributed by atoms with Crippen LogP contribution in [0.5, 0.6) is 0 Å². The molecule has 0 saturated carbocycles. The highest BCUT2D eigenvalue weighted by Gasteiger charge is 2.03. The van der Waals surface area contributed by atoms with E-state index < -0.39 is 5.95 Å². The minimum atomic E-state index is -0.571. The number of hydrogen-bond donors (Lipinski definition) is 2. The Hall–Kier alpha value is -2.02. The van der Waals surface area contributed by atoms with Gasteiger partial charge in [0, 0.05) is 0 Å². The fourth-order valence-electron chi connectivity index (χ4n) is 1.00. The molecule has 3 N–H and O–H groups in total. The first-order valence-electron chi connectivity index (χ1n) is 4.19. The molecular formula is C8H6ClFN6. The van der Waals surface area contributed by atoms with Crippen LogP contribution in [-0.2, 0) is 0 Å². The second-order valence-electron chi connectivity index (χ2n) is 2.78. The lowest BCUT2D eigenvalue weighted by Crippen LogP contribution is -2.03. The first-order chi connectivity index (χ1) is 7.63. The number of aromatic nitrogens is 4. The van der Waals surface area contributed by atoms with Crippen LogP contribution in [0.4, 0.5) is 22.0 Å². The number of anilines is 3. The zero-order chi connectivity index (χ0) is 11.5. The van der Waals surface area contributed by atoms with Gasteiger partial charge >= 0.3 is 0 Å². The Kier molecular flexibility index (Phi) is 2.78. The Bertz CT molecular complexity index is 482. The molecule has 0 atom stereocenters. The standard InChI is InChI=1S/C8H6ClFN6/c9-6-14-7(11)16-8(15-6)13-4-1-2-5(10)12-3-4/h1-3H,(H3,11,13,14,15,16). The van der Waals surface area contributed by atoms with Crippen LogP contribution in [0.1, 0.15) is 0 Å². The van der Waals surface area contributed by atoms with E-state index in [1.807, 2.05) is 0 Å². The van der Waals surface area contributed by atoms with Crippen LogP contribution in [-0.4, -0.2) is 19.9 Å². The lowest BCUT2D eigenvalue weighted by atomic mass is 10.4. The van der Waals surface area contributed by atoms with Crippen LogP contribution in [0, 0.1) is 5.95 Å². The number of nitrogen functional groups attached to an aromatic ring is 1. The Morgan fingerprint density at radius 2 is 2.06 bits per heavy atom. The van der Waals surface area contributed by atoms with E-state index in [2.05, 4.69) is 25.3 Å². The number of nitrogens with two attached hydrogens (primary N) is 1. The van der Waals surface area contributed by atoms with Gasteiger partial charge in [0.2, 0.25) is 23.1 Å². The van der Waals surface area contributed by atoms with Gasteiger partial charge in [-0.15, -0.1) is 0 Å². The van der Waals surface area contributed by atoms with Gasteiger partial charge in [-0.3, -0.25) is 0 Å². The highest BCUT2D eigenvalue weighted by Crippen LogP contribution is 2.13. The van der Waals surface area contributed by atoms with Crippen molar-refractivity contribution >= 4 is 29.2 Å². The lowest BCUT2D eigenvalue weighted by molar-refractivity contribution is 0.584. The van der Waals surface area contributed by atoms with E-state index in [1.54, 1.807) is 0 Å². The van der Waals surface area contributed by atoms with E-state index in [0.717, 1.165) is 0 Å². The van der Waals surface area contributed by atoms with Crippen molar-refractivity contribution in [2.24, 2.45) is 0 Å². The third-order valence-electron chi connectivity index (χ3n) is 1.61. The van der Waals surface area contributed by atoms with Gasteiger partial charge in [-0.05, 0) is 23.7 Å². The molecule has 0 amide bonds. The van der Waals surface area contributed by atoms with Crippen LogP contribution < -0.4 is 11.1 Å². The van der Waals surface area contributed by atoms with Crippen molar-refractivity contribution in [3.05, 3.63) is 29.6 Å². The third kappa shape index (κ3) is 2.51. The molecule has 2 aromatic rings. The molecule has 82 valence electrons. The van der Waals surface area contributed by atoms with Crippen molar-refractivity contribution in [3.63, 3.8) is 0 Å². The fourth-order valence-corrected chi connectivity index (χ4v) is 1.17. The molecule has 0 fully saturated rings. The fraction of sp³-hybridized carbons (Fsp3) is 0. The van der Waals surface area contributed by atoms with Gasteiger partial charge in [0.1, 0.15) is 0 Å². The van der Waals surface area contributed by atoms with E-state index in [0.29, 0.717) is 5.69 Å². The van der Waals surface area contributed by atoms with E-state index in [1.165, 1.54) is 18.3 Å². The van der Waals surface area contributed by atoms with E-state index >= 15 is 0 Å². The maximum absolute atomic E-state index is 12.5. The summed E-state index contributed by atoms with van der Waals surface area (Å²) in [4.78, 5) is 14.6. The molecule has 0 radical (unpaired) electrons. The van der Waals surface area contributed by atoms with Gasteiger partial charge in [0.05, 0.1) is 11.9 Å². The van der Waals surface area contributed by atoms with Gasteiger partial charge in [-0.25, -0.2) is 4.98 Å². The smallest absolute Gasteiger partial charge is 0.233 e. The number of nitrogens with one attached hydrogen (secondary N) is 1. The van der Waals surface area contributed by atoms with Crippen molar-refractivity contribution in [1.29, 1.82) is 0 Å². The minimum absolute atomic E-state index is 0.00225. The molecule has 0 aromatic carbocycles. The first-order valence-corrected chi connectivity index (χ1v) is 4.57. The maximum Gasteiger partial charge on any atom is 0.233 e. The first kappa shape index (κ1) is 10.5. The van der Waals surface area contributed by atoms with Crippen molar-refractivity contribution < 1.29 is 4.39 Å². The van der Waals surface area contributed by atoms with Crippen LogP contribution in [0.25, 0.3) is 0 Å². The largest absolute Gasteiger partial charge is 0.368 e. The summed E-state index contributed by atoms with van der Waals surface area (Å²) >= 11 is 5.58. The molecule has 2 heterocycles. The summed E-state index contributed by atoms with van der Waals surface area (Å²) in [5, 5.41) is 2.73. The quantitative estimate of drug-likeness (QED) is 0.771. The molecule has 0 bridgehead atoms. The summed E-state index contributed by atoms with van der Waals surface area (Å²) in [6.45, 7) is 0. The summed E-state index contributed by atoms with van der Waals surface area (Å²) < 4.78 is 12.5. The molecule has 2 rings (SSSR count). The summed E-state index contributed by atoms with van der Waals surface area (Å²) in [5.41, 5.74) is 5.89. The highest BCUT2D eigenvalue weighted by molar-refractivity contribution is 6.28. The monoisotopic (exact) mass is 240 g/mol. The Morgan fingerprint density at radius 1 is 1.25 bits per heavy atom. The van der Waals surface area contributed by atoms with Crippen molar-refractivity contribution in [2.45, 2.75) is 0 Å². The number of nitrogens with zero attached hydrogens (tertiary/aromatic N) is 4. The molecule has 8 heteroatoms. The molecule has 0 unspecified atom stereocenters. The van der Waals surface area contributed by atoms with Gasteiger partial charge in [0.15, 0.2) is 0 Å². The predicted octanol–water partition coefficient (Wildman–Crippen LogP) is 1.38. The van der Waals surface area contributed by atoms with Gasteiger partial charge < -0.3 is 11.1 Å². The molecule has 0 aliphatic carbocycles. The van der Waals surface area contributed by atoms with Crippen LogP contribution in [0.3, 0.4) is 0 Å². The summed E-state index contributed by atoms with van der Waals surface area (Å²) in [7, 11) is 0. The Morgan fingerprint density at radius 3 is 2.69 bits per heavy atom. The number of halogens is 2. The number of pyridine rings is 1.